The van der Waals surface area contributed by atoms with Gasteiger partial charge in [0.05, 0.1) is 19.2 Å². The second kappa shape index (κ2) is 14.0. The Morgan fingerprint density at radius 2 is 1.80 bits per heavy atom. The summed E-state index contributed by atoms with van der Waals surface area (Å²) in [6.07, 6.45) is -6.70. The zero-order valence-corrected chi connectivity index (χ0v) is 24.2. The highest BCUT2D eigenvalue weighted by molar-refractivity contribution is 8.01. The van der Waals surface area contributed by atoms with Crippen molar-refractivity contribution in [3.63, 3.8) is 0 Å². The summed E-state index contributed by atoms with van der Waals surface area (Å²) in [4.78, 5) is 40.8. The van der Waals surface area contributed by atoms with Gasteiger partial charge in [0.1, 0.15) is 11.2 Å². The van der Waals surface area contributed by atoms with Crippen molar-refractivity contribution in [2.75, 3.05) is 12.0 Å². The Morgan fingerprint density at radius 1 is 1.05 bits per heavy atom. The van der Waals surface area contributed by atoms with Crippen LogP contribution in [0.5, 0.6) is 11.5 Å². The minimum Gasteiger partial charge on any atom is -0.504 e. The molecule has 1 saturated heterocycles. The Bertz CT molecular complexity index is 2160. The first-order chi connectivity index (χ1) is 24.9. The number of amides is 2. The zero-order valence-electron chi connectivity index (χ0n) is 32.4. The topological polar surface area (TPSA) is 110 Å². The van der Waals surface area contributed by atoms with Crippen LogP contribution in [0.4, 0.5) is 5.69 Å². The summed E-state index contributed by atoms with van der Waals surface area (Å²) in [6.45, 7) is 0. The summed E-state index contributed by atoms with van der Waals surface area (Å²) < 4.78 is 78.9. The molecule has 1 aliphatic rings. The highest BCUT2D eigenvalue weighted by atomic mass is 32.2. The number of aryl methyl sites for hydroxylation is 1. The van der Waals surface area contributed by atoms with Crippen LogP contribution in [-0.2, 0) is 16.0 Å². The molecule has 1 fully saturated rings. The molecular weight excluding hydrogens is 572 g/mol. The number of carbonyl (C=O) groups is 3. The standard InChI is InChI=1S/C36H32N2O5S/c1-43-32-21-26(17-20-31(32)40)9-5-12-30(39)23-33-35(42)38(29-11-6-10-28(22-29)34(37)41)36(44-33)27-18-15-25(16-19-27)14-13-24-7-3-2-4-8-24/h2-4,6-8,10-11,15-22,33,36,40H,5,9,12,23H2,1H3,(H2,37,41)/t33-,36+/m1/s1/i2D,3D,4D,5D2,7D,8D,9D2. The summed E-state index contributed by atoms with van der Waals surface area (Å²) >= 11 is 1.11. The molecule has 5 rings (SSSR count). The van der Waals surface area contributed by atoms with Crippen LogP contribution in [0, 0.1) is 11.8 Å². The summed E-state index contributed by atoms with van der Waals surface area (Å²) in [5.41, 5.74) is 6.66. The van der Waals surface area contributed by atoms with E-state index in [4.69, 9.17) is 22.8 Å². The summed E-state index contributed by atoms with van der Waals surface area (Å²) in [5.74, 6) is 3.19. The van der Waals surface area contributed by atoms with E-state index < -0.39 is 84.0 Å². The van der Waals surface area contributed by atoms with Crippen molar-refractivity contribution < 1.29 is 36.6 Å². The smallest absolute Gasteiger partial charge is 0.248 e. The predicted molar refractivity (Wildman–Crippen MR) is 173 cm³/mol. The molecule has 8 heteroatoms. The third kappa shape index (κ3) is 7.31. The van der Waals surface area contributed by atoms with E-state index in [0.29, 0.717) is 16.8 Å². The van der Waals surface area contributed by atoms with Crippen molar-refractivity contribution in [3.05, 3.63) is 125 Å². The summed E-state index contributed by atoms with van der Waals surface area (Å²) in [5, 5.41) is 8.17. The molecular formula is C36H32N2O5S. The van der Waals surface area contributed by atoms with Crippen LogP contribution in [0.3, 0.4) is 0 Å². The number of nitrogens with zero attached hydrogens (tertiary/aromatic N) is 1. The highest BCUT2D eigenvalue weighted by Crippen LogP contribution is 2.47. The second-order valence-electron chi connectivity index (χ2n) is 9.58. The van der Waals surface area contributed by atoms with Gasteiger partial charge in [-0.1, -0.05) is 54.2 Å². The highest BCUT2D eigenvalue weighted by Gasteiger charge is 2.42. The molecule has 0 bridgehead atoms. The Kier molecular flexibility index (Phi) is 6.62. The quantitative estimate of drug-likeness (QED) is 0.212. The van der Waals surface area contributed by atoms with Crippen molar-refractivity contribution in [3.8, 4) is 23.3 Å². The first-order valence-electron chi connectivity index (χ1n) is 17.8. The van der Waals surface area contributed by atoms with Crippen molar-refractivity contribution in [1.82, 2.24) is 0 Å². The molecule has 3 N–H and O–H groups in total. The number of phenols is 1. The molecule has 4 aromatic rings. The lowest BCUT2D eigenvalue weighted by molar-refractivity contribution is -0.123. The van der Waals surface area contributed by atoms with E-state index in [1.165, 1.54) is 36.3 Å². The number of nitrogens with two attached hydrogens (primary N) is 1. The average molecular weight is 614 g/mol. The summed E-state index contributed by atoms with van der Waals surface area (Å²) in [7, 11) is 1.26. The number of ether oxygens (including phenoxy) is 1. The monoisotopic (exact) mass is 613 g/mol. The van der Waals surface area contributed by atoms with Gasteiger partial charge in [-0.3, -0.25) is 19.3 Å². The van der Waals surface area contributed by atoms with E-state index >= 15 is 0 Å². The second-order valence-corrected chi connectivity index (χ2v) is 10.9. The number of carbonyl (C=O) groups excluding carboxylic acids is 3. The fourth-order valence-electron chi connectivity index (χ4n) is 4.44. The van der Waals surface area contributed by atoms with E-state index in [1.54, 1.807) is 36.4 Å². The van der Waals surface area contributed by atoms with Gasteiger partial charge in [0.15, 0.2) is 11.5 Å². The third-order valence-corrected chi connectivity index (χ3v) is 8.03. The molecule has 0 spiro atoms. The van der Waals surface area contributed by atoms with Crippen molar-refractivity contribution in [2.45, 2.75) is 36.2 Å². The SMILES string of the molecule is [2H]c1c([2H])c([2H])c(C#Cc2ccc([C@@H]3S[C@H](CC(=O)CC([2H])([2H])C([2H])([2H])c4ccc(O)c(OC)c4)C(=O)N3c3cccc(C(N)=O)c3)cc2)c([2H])c1[2H]. The maximum atomic E-state index is 14.0. The van der Waals surface area contributed by atoms with E-state index in [0.717, 1.165) is 17.8 Å². The predicted octanol–water partition coefficient (Wildman–Crippen LogP) is 6.03. The summed E-state index contributed by atoms with van der Waals surface area (Å²) in [6, 6.07) is 13.8. The lowest BCUT2D eigenvalue weighted by Gasteiger charge is -2.24. The molecule has 7 nitrogen and oxygen atoms in total. The number of hydrogen-bond donors (Lipinski definition) is 2. The molecule has 2 atom stereocenters. The molecule has 0 saturated carbocycles. The van der Waals surface area contributed by atoms with Gasteiger partial charge in [-0.05, 0) is 78.4 Å². The Morgan fingerprint density at radius 3 is 2.52 bits per heavy atom. The molecule has 222 valence electrons. The molecule has 0 aromatic heterocycles. The lowest BCUT2D eigenvalue weighted by Crippen LogP contribution is -2.32. The molecule has 2 amide bonds. The Labute approximate surface area is 273 Å². The maximum Gasteiger partial charge on any atom is 0.248 e. The van der Waals surface area contributed by atoms with E-state index in [2.05, 4.69) is 11.8 Å². The number of aromatic hydroxyl groups is 1. The molecule has 0 radical (unpaired) electrons. The molecule has 1 aliphatic heterocycles. The zero-order chi connectivity index (χ0) is 39.0. The van der Waals surface area contributed by atoms with Gasteiger partial charge in [0.25, 0.3) is 0 Å². The molecule has 1 heterocycles. The number of benzene rings is 4. The number of ketones is 1. The average Bonchev–Trinajstić information content (AvgIpc) is 3.44. The van der Waals surface area contributed by atoms with Gasteiger partial charge in [0.2, 0.25) is 11.8 Å². The first-order valence-corrected chi connectivity index (χ1v) is 14.3. The molecule has 4 aromatic carbocycles. The number of rotatable bonds is 10. The van der Waals surface area contributed by atoms with Crippen LogP contribution in [-0.4, -0.2) is 35.1 Å². The lowest BCUT2D eigenvalue weighted by atomic mass is 10.0. The molecule has 0 aliphatic carbocycles. The Balaban J connectivity index is 1.42. The van der Waals surface area contributed by atoms with Crippen molar-refractivity contribution in [1.29, 1.82) is 0 Å². The third-order valence-electron chi connectivity index (χ3n) is 6.59. The van der Waals surface area contributed by atoms with Crippen molar-refractivity contribution in [2.24, 2.45) is 5.73 Å². The number of phenolic OH excluding ortho intramolecular Hbond substituents is 1. The maximum absolute atomic E-state index is 14.0. The largest absolute Gasteiger partial charge is 0.504 e. The fraction of sp³-hybridized carbons (Fsp3) is 0.194. The molecule has 44 heavy (non-hydrogen) atoms. The van der Waals surface area contributed by atoms with Gasteiger partial charge in [-0.2, -0.15) is 0 Å². The van der Waals surface area contributed by atoms with Crippen LogP contribution in [0.2, 0.25) is 0 Å². The minimum atomic E-state index is -2.72. The first kappa shape index (κ1) is 20.8. The van der Waals surface area contributed by atoms with Crippen LogP contribution < -0.4 is 15.4 Å². The fourth-order valence-corrected chi connectivity index (χ4v) is 5.92. The van der Waals surface area contributed by atoms with Gasteiger partial charge in [-0.15, -0.1) is 11.8 Å². The number of anilines is 1. The van der Waals surface area contributed by atoms with Crippen molar-refractivity contribution >= 4 is 35.0 Å². The van der Waals surface area contributed by atoms with Gasteiger partial charge in [0, 0.05) is 40.7 Å². The number of methoxy groups -OCH3 is 1. The van der Waals surface area contributed by atoms with Crippen LogP contribution in [0.15, 0.2) is 96.9 Å². The number of hydrogen-bond acceptors (Lipinski definition) is 6. The number of Topliss-reactive ketones (excluding diaryl/α,β-unsaturated/α-hetero) is 1. The number of primary amides is 1. The van der Waals surface area contributed by atoms with E-state index in [1.807, 2.05) is 0 Å². The van der Waals surface area contributed by atoms with Gasteiger partial charge in [-0.25, -0.2) is 0 Å². The van der Waals surface area contributed by atoms with Crippen LogP contribution in [0.25, 0.3) is 0 Å². The molecule has 0 unspecified atom stereocenters. The van der Waals surface area contributed by atoms with E-state index in [9.17, 15) is 19.5 Å². The van der Waals surface area contributed by atoms with Gasteiger partial charge < -0.3 is 15.6 Å². The van der Waals surface area contributed by atoms with Gasteiger partial charge >= 0.3 is 0 Å². The van der Waals surface area contributed by atoms with Crippen LogP contribution in [0.1, 0.15) is 69.5 Å². The number of thioether (sulfide) groups is 1. The van der Waals surface area contributed by atoms with E-state index in [-0.39, 0.29) is 28.2 Å². The van der Waals surface area contributed by atoms with Crippen LogP contribution >= 0.6 is 11.8 Å². The normalized spacial score (nSPS) is 19.4. The Hall–Kier alpha value is -5.00. The minimum absolute atomic E-state index is 0.0675.